The fourth-order valence-electron chi connectivity index (χ4n) is 1.28. The summed E-state index contributed by atoms with van der Waals surface area (Å²) in [5.74, 6) is -1.06. The van der Waals surface area contributed by atoms with Crippen molar-refractivity contribution < 1.29 is 28.6 Å². The van der Waals surface area contributed by atoms with Crippen LogP contribution in [0.5, 0.6) is 0 Å². The molecule has 0 aromatic heterocycles. The van der Waals surface area contributed by atoms with Crippen LogP contribution in [-0.2, 0) is 35.2 Å². The first-order chi connectivity index (χ1) is 13.6. The number of benzene rings is 1. The highest BCUT2D eigenvalue weighted by atomic mass is 16.5. The lowest BCUT2D eigenvalue weighted by Crippen LogP contribution is -2.04. The highest BCUT2D eigenvalue weighted by molar-refractivity contribution is 5.87. The van der Waals surface area contributed by atoms with E-state index in [1.54, 1.807) is 20.8 Å². The quantitative estimate of drug-likeness (QED) is 0.292. The Balaban J connectivity index is 0. The van der Waals surface area contributed by atoms with Crippen LogP contribution < -0.4 is 0 Å². The van der Waals surface area contributed by atoms with Crippen molar-refractivity contribution in [2.45, 2.75) is 27.4 Å². The molecule has 1 rings (SSSR count). The lowest BCUT2D eigenvalue weighted by Gasteiger charge is -2.03. The van der Waals surface area contributed by atoms with Crippen LogP contribution in [0.3, 0.4) is 0 Å². The van der Waals surface area contributed by atoms with Crippen molar-refractivity contribution in [2.75, 3.05) is 13.7 Å². The molecule has 0 saturated carbocycles. The standard InChI is InChI=1S/C11H12O2.C7H10O2.C5H8O2/c1-9(2)11(12)13-8-10-6-4-3-5-7-10;1-4-5-9-7(8)6(2)3;1-4(2)5(6)7-3/h3-7H,1,8H2,2H3;4H,1-2,5H2,3H3;1H2,2-3H3. The Morgan fingerprint density at radius 2 is 1.28 bits per heavy atom. The van der Waals surface area contributed by atoms with Crippen LogP contribution in [0.1, 0.15) is 26.3 Å². The van der Waals surface area contributed by atoms with E-state index in [2.05, 4.69) is 35.8 Å². The zero-order valence-corrected chi connectivity index (χ0v) is 17.7. The molecule has 0 fully saturated rings. The summed E-state index contributed by atoms with van der Waals surface area (Å²) >= 11 is 0. The maximum absolute atomic E-state index is 11.0. The molecular weight excluding hydrogens is 372 g/mol. The number of carbonyl (C=O) groups excluding carboxylic acids is 3. The topological polar surface area (TPSA) is 78.9 Å². The van der Waals surface area contributed by atoms with E-state index in [1.165, 1.54) is 13.2 Å². The van der Waals surface area contributed by atoms with E-state index >= 15 is 0 Å². The van der Waals surface area contributed by atoms with Gasteiger partial charge in [0.1, 0.15) is 13.2 Å². The predicted octanol–water partition coefficient (Wildman–Crippen LogP) is 4.33. The van der Waals surface area contributed by atoms with Gasteiger partial charge in [-0.15, -0.1) is 0 Å². The van der Waals surface area contributed by atoms with E-state index in [0.29, 0.717) is 23.3 Å². The molecule has 0 bridgehead atoms. The molecule has 0 N–H and O–H groups in total. The van der Waals surface area contributed by atoms with Crippen molar-refractivity contribution in [3.8, 4) is 0 Å². The molecule has 29 heavy (non-hydrogen) atoms. The molecule has 1 aromatic carbocycles. The maximum Gasteiger partial charge on any atom is 0.333 e. The van der Waals surface area contributed by atoms with Crippen molar-refractivity contribution >= 4 is 17.9 Å². The monoisotopic (exact) mass is 402 g/mol. The highest BCUT2D eigenvalue weighted by Gasteiger charge is 2.02. The fourth-order valence-corrected chi connectivity index (χ4v) is 1.28. The van der Waals surface area contributed by atoms with Crippen LogP contribution >= 0.6 is 0 Å². The van der Waals surface area contributed by atoms with Gasteiger partial charge >= 0.3 is 17.9 Å². The zero-order valence-electron chi connectivity index (χ0n) is 17.7. The van der Waals surface area contributed by atoms with E-state index in [1.807, 2.05) is 30.3 Å². The smallest absolute Gasteiger partial charge is 0.333 e. The summed E-state index contributed by atoms with van der Waals surface area (Å²) < 4.78 is 13.8. The molecule has 0 atom stereocenters. The van der Waals surface area contributed by atoms with Gasteiger partial charge in [0.25, 0.3) is 0 Å². The second kappa shape index (κ2) is 16.7. The summed E-state index contributed by atoms with van der Waals surface area (Å²) in [6, 6.07) is 9.55. The molecule has 0 aliphatic rings. The molecule has 0 aliphatic heterocycles. The van der Waals surface area contributed by atoms with Crippen LogP contribution in [0.4, 0.5) is 0 Å². The van der Waals surface area contributed by atoms with E-state index < -0.39 is 0 Å². The molecule has 0 spiro atoms. The molecule has 0 saturated heterocycles. The van der Waals surface area contributed by atoms with Crippen molar-refractivity contribution in [3.05, 3.63) is 85.0 Å². The Labute approximate surface area is 173 Å². The summed E-state index contributed by atoms with van der Waals surface area (Å²) in [6.45, 7) is 19.0. The average molecular weight is 402 g/mol. The molecule has 1 aromatic rings. The van der Waals surface area contributed by atoms with Crippen molar-refractivity contribution in [1.82, 2.24) is 0 Å². The zero-order chi connectivity index (χ0) is 22.8. The van der Waals surface area contributed by atoms with Crippen molar-refractivity contribution in [3.63, 3.8) is 0 Å². The highest BCUT2D eigenvalue weighted by Crippen LogP contribution is 2.02. The van der Waals surface area contributed by atoms with Gasteiger partial charge in [0, 0.05) is 16.7 Å². The molecule has 0 amide bonds. The molecule has 0 unspecified atom stereocenters. The third-order valence-electron chi connectivity index (χ3n) is 2.78. The molecule has 158 valence electrons. The van der Waals surface area contributed by atoms with Crippen LogP contribution in [0.25, 0.3) is 0 Å². The molecule has 6 nitrogen and oxygen atoms in total. The number of rotatable bonds is 7. The number of ether oxygens (including phenoxy) is 3. The Bertz CT molecular complexity index is 716. The summed E-state index contributed by atoms with van der Waals surface area (Å²) in [6.07, 6.45) is 1.51. The van der Waals surface area contributed by atoms with Gasteiger partial charge in [-0.1, -0.05) is 62.7 Å². The Hall–Kier alpha value is -3.41. The minimum absolute atomic E-state index is 0.256. The minimum atomic E-state index is -0.366. The van der Waals surface area contributed by atoms with Crippen molar-refractivity contribution in [2.24, 2.45) is 0 Å². The van der Waals surface area contributed by atoms with Gasteiger partial charge in [-0.05, 0) is 26.3 Å². The molecule has 0 aliphatic carbocycles. The van der Waals surface area contributed by atoms with Crippen LogP contribution in [-0.4, -0.2) is 31.6 Å². The van der Waals surface area contributed by atoms with Crippen molar-refractivity contribution in [1.29, 1.82) is 0 Å². The lowest BCUT2D eigenvalue weighted by atomic mass is 10.2. The first kappa shape index (κ1) is 27.8. The van der Waals surface area contributed by atoms with Gasteiger partial charge in [0.15, 0.2) is 0 Å². The van der Waals surface area contributed by atoms with E-state index in [-0.39, 0.29) is 24.5 Å². The second-order valence-corrected chi connectivity index (χ2v) is 5.78. The van der Waals surface area contributed by atoms with Gasteiger partial charge in [0.05, 0.1) is 7.11 Å². The molecule has 0 heterocycles. The SMILES string of the molecule is C=C(C)C(=O)OC.C=C(C)C(=O)OCc1ccccc1.C=CCOC(=O)C(=C)C. The average Bonchev–Trinajstić information content (AvgIpc) is 2.70. The Morgan fingerprint density at radius 1 is 0.828 bits per heavy atom. The number of hydrogen-bond donors (Lipinski definition) is 0. The third kappa shape index (κ3) is 16.5. The van der Waals surface area contributed by atoms with E-state index in [4.69, 9.17) is 4.74 Å². The van der Waals surface area contributed by atoms with E-state index in [9.17, 15) is 14.4 Å². The molecule has 0 radical (unpaired) electrons. The maximum atomic E-state index is 11.0. The fraction of sp³-hybridized carbons (Fsp3) is 0.261. The largest absolute Gasteiger partial charge is 0.466 e. The minimum Gasteiger partial charge on any atom is -0.466 e. The van der Waals surface area contributed by atoms with E-state index in [0.717, 1.165) is 5.56 Å². The van der Waals surface area contributed by atoms with Gasteiger partial charge in [0.2, 0.25) is 0 Å². The normalized spacial score (nSPS) is 8.55. The first-order valence-corrected chi connectivity index (χ1v) is 8.60. The lowest BCUT2D eigenvalue weighted by molar-refractivity contribution is -0.140. The second-order valence-electron chi connectivity index (χ2n) is 5.78. The van der Waals surface area contributed by atoms with Gasteiger partial charge in [-0.25, -0.2) is 14.4 Å². The van der Waals surface area contributed by atoms with Gasteiger partial charge < -0.3 is 14.2 Å². The number of methoxy groups -OCH3 is 1. The Kier molecular flexibility index (Phi) is 16.1. The van der Waals surface area contributed by atoms with Gasteiger partial charge in [-0.2, -0.15) is 0 Å². The number of esters is 3. The van der Waals surface area contributed by atoms with Gasteiger partial charge in [-0.3, -0.25) is 0 Å². The first-order valence-electron chi connectivity index (χ1n) is 8.60. The van der Waals surface area contributed by atoms with Crippen LogP contribution in [0, 0.1) is 0 Å². The third-order valence-corrected chi connectivity index (χ3v) is 2.78. The summed E-state index contributed by atoms with van der Waals surface area (Å²) in [5, 5.41) is 0. The summed E-state index contributed by atoms with van der Waals surface area (Å²) in [4.78, 5) is 31.7. The Morgan fingerprint density at radius 3 is 1.62 bits per heavy atom. The molecule has 6 heteroatoms. The number of carbonyl (C=O) groups is 3. The predicted molar refractivity (Wildman–Crippen MR) is 114 cm³/mol. The summed E-state index contributed by atoms with van der Waals surface area (Å²) in [5.41, 5.74) is 2.26. The summed E-state index contributed by atoms with van der Waals surface area (Å²) in [7, 11) is 1.33. The van der Waals surface area contributed by atoms with Crippen LogP contribution in [0.2, 0.25) is 0 Å². The van der Waals surface area contributed by atoms with Crippen LogP contribution in [0.15, 0.2) is 79.4 Å². The molecular formula is C23H30O6. The number of hydrogen-bond acceptors (Lipinski definition) is 6.